The predicted octanol–water partition coefficient (Wildman–Crippen LogP) is 2.78. The van der Waals surface area contributed by atoms with Crippen molar-refractivity contribution >= 4 is 0 Å². The van der Waals surface area contributed by atoms with E-state index in [-0.39, 0.29) is 0 Å². The Morgan fingerprint density at radius 1 is 0.941 bits per heavy atom. The maximum Gasteiger partial charge on any atom is 0.0126 e. The molecule has 1 heterocycles. The van der Waals surface area contributed by atoms with E-state index in [1.807, 2.05) is 0 Å². The summed E-state index contributed by atoms with van der Waals surface area (Å²) >= 11 is 0. The van der Waals surface area contributed by atoms with Gasteiger partial charge in [-0.05, 0) is 64.1 Å². The zero-order chi connectivity index (χ0) is 11.7. The van der Waals surface area contributed by atoms with Crippen molar-refractivity contribution in [3.8, 4) is 0 Å². The molecule has 0 aromatic rings. The fourth-order valence-corrected chi connectivity index (χ4v) is 4.27. The Kier molecular flexibility index (Phi) is 3.45. The number of nitrogens with zero attached hydrogens (tertiary/aromatic N) is 1. The van der Waals surface area contributed by atoms with Crippen LogP contribution in [0.1, 0.15) is 57.8 Å². The Hall–Kier alpha value is -0.0800. The molecular weight excluding hydrogens is 208 g/mol. The van der Waals surface area contributed by atoms with E-state index in [1.54, 1.807) is 0 Å². The van der Waals surface area contributed by atoms with Crippen molar-refractivity contribution in [2.45, 2.75) is 69.9 Å². The zero-order valence-electron chi connectivity index (χ0n) is 11.4. The van der Waals surface area contributed by atoms with Crippen LogP contribution in [-0.4, -0.2) is 37.1 Å². The normalized spacial score (nSPS) is 34.8. The van der Waals surface area contributed by atoms with Gasteiger partial charge in [0.2, 0.25) is 0 Å². The summed E-state index contributed by atoms with van der Waals surface area (Å²) in [5, 5.41) is 4.01. The first kappa shape index (κ1) is 12.0. The third-order valence-corrected chi connectivity index (χ3v) is 5.67. The van der Waals surface area contributed by atoms with Gasteiger partial charge in [-0.1, -0.05) is 19.3 Å². The molecule has 0 aromatic heterocycles. The highest BCUT2D eigenvalue weighted by Gasteiger charge is 2.47. The topological polar surface area (TPSA) is 15.3 Å². The standard InChI is InChI=1S/C15H28N2/c1-17-11-6-13(7-12-17)16-14-5-10-15(14)8-3-2-4-9-15/h13-14,16H,2-12H2,1H3. The van der Waals surface area contributed by atoms with E-state index in [4.69, 9.17) is 0 Å². The van der Waals surface area contributed by atoms with Crippen molar-refractivity contribution in [1.82, 2.24) is 10.2 Å². The molecule has 2 saturated carbocycles. The van der Waals surface area contributed by atoms with Crippen LogP contribution in [0.25, 0.3) is 0 Å². The molecule has 98 valence electrons. The van der Waals surface area contributed by atoms with Crippen LogP contribution < -0.4 is 5.32 Å². The maximum atomic E-state index is 4.01. The molecule has 1 spiro atoms. The Bertz CT molecular complexity index is 250. The lowest BCUT2D eigenvalue weighted by molar-refractivity contribution is 0.0116. The van der Waals surface area contributed by atoms with Gasteiger partial charge >= 0.3 is 0 Å². The van der Waals surface area contributed by atoms with Crippen LogP contribution in [0.2, 0.25) is 0 Å². The van der Waals surface area contributed by atoms with Crippen LogP contribution in [0.3, 0.4) is 0 Å². The first-order valence-corrected chi connectivity index (χ1v) is 7.73. The van der Waals surface area contributed by atoms with Gasteiger partial charge in [0, 0.05) is 12.1 Å². The second-order valence-corrected chi connectivity index (χ2v) is 6.76. The molecule has 1 N–H and O–H groups in total. The molecule has 3 rings (SSSR count). The molecule has 2 heteroatoms. The average Bonchev–Trinajstić information content (AvgIpc) is 2.38. The lowest BCUT2D eigenvalue weighted by atomic mass is 9.57. The zero-order valence-corrected chi connectivity index (χ0v) is 11.4. The molecule has 17 heavy (non-hydrogen) atoms. The monoisotopic (exact) mass is 236 g/mol. The second kappa shape index (κ2) is 4.89. The molecule has 0 bridgehead atoms. The van der Waals surface area contributed by atoms with Gasteiger partial charge in [-0.2, -0.15) is 0 Å². The van der Waals surface area contributed by atoms with E-state index in [0.717, 1.165) is 17.5 Å². The van der Waals surface area contributed by atoms with Crippen LogP contribution in [0, 0.1) is 5.41 Å². The third kappa shape index (κ3) is 2.39. The summed E-state index contributed by atoms with van der Waals surface area (Å²) in [6.07, 6.45) is 13.2. The smallest absolute Gasteiger partial charge is 0.0126 e. The molecule has 3 aliphatic rings. The average molecular weight is 236 g/mol. The number of hydrogen-bond acceptors (Lipinski definition) is 2. The summed E-state index contributed by atoms with van der Waals surface area (Å²) in [6, 6.07) is 1.69. The Balaban J connectivity index is 1.51. The minimum Gasteiger partial charge on any atom is -0.311 e. The lowest BCUT2D eigenvalue weighted by Gasteiger charge is -2.54. The molecule has 2 aliphatic carbocycles. The van der Waals surface area contributed by atoms with E-state index in [1.165, 1.54) is 70.9 Å². The molecule has 1 atom stereocenters. The van der Waals surface area contributed by atoms with Gasteiger partial charge < -0.3 is 10.2 Å². The highest BCUT2D eigenvalue weighted by Crippen LogP contribution is 2.51. The minimum atomic E-state index is 0.738. The van der Waals surface area contributed by atoms with Gasteiger partial charge in [-0.3, -0.25) is 0 Å². The van der Waals surface area contributed by atoms with E-state index < -0.39 is 0 Å². The van der Waals surface area contributed by atoms with Crippen molar-refractivity contribution < 1.29 is 0 Å². The van der Waals surface area contributed by atoms with Crippen molar-refractivity contribution in [2.24, 2.45) is 5.41 Å². The summed E-state index contributed by atoms with van der Waals surface area (Å²) in [5.74, 6) is 0. The van der Waals surface area contributed by atoms with Crippen molar-refractivity contribution in [1.29, 1.82) is 0 Å². The largest absolute Gasteiger partial charge is 0.311 e. The van der Waals surface area contributed by atoms with Crippen LogP contribution in [0.15, 0.2) is 0 Å². The predicted molar refractivity (Wildman–Crippen MR) is 72.2 cm³/mol. The Labute approximate surface area is 106 Å². The quantitative estimate of drug-likeness (QED) is 0.793. The van der Waals surface area contributed by atoms with Gasteiger partial charge in [0.1, 0.15) is 0 Å². The Morgan fingerprint density at radius 2 is 1.65 bits per heavy atom. The molecule has 0 aromatic carbocycles. The molecule has 1 saturated heterocycles. The molecule has 0 amide bonds. The van der Waals surface area contributed by atoms with Gasteiger partial charge in [-0.25, -0.2) is 0 Å². The number of nitrogens with one attached hydrogen (secondary N) is 1. The molecule has 3 fully saturated rings. The number of rotatable bonds is 2. The molecule has 1 aliphatic heterocycles. The Morgan fingerprint density at radius 3 is 2.24 bits per heavy atom. The van der Waals surface area contributed by atoms with Crippen molar-refractivity contribution in [2.75, 3.05) is 20.1 Å². The van der Waals surface area contributed by atoms with Gasteiger partial charge in [0.15, 0.2) is 0 Å². The fourth-order valence-electron chi connectivity index (χ4n) is 4.27. The summed E-state index contributed by atoms with van der Waals surface area (Å²) in [4.78, 5) is 2.47. The molecule has 0 radical (unpaired) electrons. The second-order valence-electron chi connectivity index (χ2n) is 6.76. The molecular formula is C15H28N2. The number of hydrogen-bond donors (Lipinski definition) is 1. The first-order valence-electron chi connectivity index (χ1n) is 7.73. The van der Waals surface area contributed by atoms with E-state index >= 15 is 0 Å². The summed E-state index contributed by atoms with van der Waals surface area (Å²) in [6.45, 7) is 2.58. The maximum absolute atomic E-state index is 4.01. The highest BCUT2D eigenvalue weighted by atomic mass is 15.1. The van der Waals surface area contributed by atoms with Crippen LogP contribution in [-0.2, 0) is 0 Å². The SMILES string of the molecule is CN1CCC(NC2CCC23CCCCC3)CC1. The van der Waals surface area contributed by atoms with E-state index in [9.17, 15) is 0 Å². The van der Waals surface area contributed by atoms with E-state index in [2.05, 4.69) is 17.3 Å². The highest BCUT2D eigenvalue weighted by molar-refractivity contribution is 5.02. The third-order valence-electron chi connectivity index (χ3n) is 5.67. The van der Waals surface area contributed by atoms with Crippen molar-refractivity contribution in [3.63, 3.8) is 0 Å². The van der Waals surface area contributed by atoms with Gasteiger partial charge in [0.25, 0.3) is 0 Å². The van der Waals surface area contributed by atoms with Crippen molar-refractivity contribution in [3.05, 3.63) is 0 Å². The van der Waals surface area contributed by atoms with Gasteiger partial charge in [-0.15, -0.1) is 0 Å². The van der Waals surface area contributed by atoms with Gasteiger partial charge in [0.05, 0.1) is 0 Å². The van der Waals surface area contributed by atoms with Crippen LogP contribution in [0.5, 0.6) is 0 Å². The van der Waals surface area contributed by atoms with Crippen LogP contribution in [0.4, 0.5) is 0 Å². The molecule has 2 nitrogen and oxygen atoms in total. The van der Waals surface area contributed by atoms with Crippen LogP contribution >= 0.6 is 0 Å². The summed E-state index contributed by atoms with van der Waals surface area (Å²) in [7, 11) is 2.25. The summed E-state index contributed by atoms with van der Waals surface area (Å²) in [5.41, 5.74) is 0.738. The minimum absolute atomic E-state index is 0.738. The lowest BCUT2D eigenvalue weighted by Crippen LogP contribution is -2.58. The fraction of sp³-hybridized carbons (Fsp3) is 1.00. The molecule has 1 unspecified atom stereocenters. The first-order chi connectivity index (χ1) is 8.28. The number of likely N-dealkylation sites (tertiary alicyclic amines) is 1. The summed E-state index contributed by atoms with van der Waals surface area (Å²) < 4.78 is 0. The number of piperidine rings is 1. The van der Waals surface area contributed by atoms with E-state index in [0.29, 0.717) is 0 Å².